The summed E-state index contributed by atoms with van der Waals surface area (Å²) in [6.45, 7) is 4.25. The van der Waals surface area contributed by atoms with Crippen molar-refractivity contribution in [3.63, 3.8) is 0 Å². The van der Waals surface area contributed by atoms with E-state index in [0.29, 0.717) is 6.42 Å². The van der Waals surface area contributed by atoms with E-state index in [0.717, 1.165) is 28.8 Å². The number of benzene rings is 1. The standard InChI is InChI=1S/C23H33NO/c1-3-4-5-6-7-8-9-10-14-17-22(25)23-19(2)24-18-21(23)20-15-12-11-13-16-20/h11-13,15-16,18,24H,3-10,14,17H2,1-2H3. The average molecular weight is 340 g/mol. The van der Waals surface area contributed by atoms with Crippen LogP contribution in [0, 0.1) is 6.92 Å². The first-order valence-corrected chi connectivity index (χ1v) is 10.0. The Hall–Kier alpha value is -1.83. The minimum absolute atomic E-state index is 0.278. The van der Waals surface area contributed by atoms with Crippen LogP contribution in [0.15, 0.2) is 36.5 Å². The molecule has 0 aliphatic rings. The summed E-state index contributed by atoms with van der Waals surface area (Å²) in [5, 5.41) is 0. The SMILES string of the molecule is CCCCCCCCCCCC(=O)c1c(-c2ccccc2)c[nH]c1C. The van der Waals surface area contributed by atoms with Crippen LogP contribution in [-0.4, -0.2) is 10.8 Å². The maximum atomic E-state index is 12.7. The van der Waals surface area contributed by atoms with Crippen molar-refractivity contribution in [3.05, 3.63) is 47.8 Å². The third kappa shape index (κ3) is 6.19. The van der Waals surface area contributed by atoms with Crippen LogP contribution in [0.3, 0.4) is 0 Å². The van der Waals surface area contributed by atoms with Crippen molar-refractivity contribution in [1.29, 1.82) is 0 Å². The highest BCUT2D eigenvalue weighted by Crippen LogP contribution is 2.27. The molecule has 25 heavy (non-hydrogen) atoms. The van der Waals surface area contributed by atoms with Crippen LogP contribution in [0.2, 0.25) is 0 Å². The number of unbranched alkanes of at least 4 members (excludes halogenated alkanes) is 8. The number of hydrogen-bond donors (Lipinski definition) is 1. The van der Waals surface area contributed by atoms with Crippen molar-refractivity contribution in [3.8, 4) is 11.1 Å². The zero-order valence-corrected chi connectivity index (χ0v) is 15.9. The van der Waals surface area contributed by atoms with Gasteiger partial charge in [0, 0.05) is 29.4 Å². The van der Waals surface area contributed by atoms with Crippen molar-refractivity contribution in [2.45, 2.75) is 78.1 Å². The second kappa shape index (κ2) is 10.9. The van der Waals surface area contributed by atoms with E-state index in [1.807, 2.05) is 31.3 Å². The lowest BCUT2D eigenvalue weighted by atomic mass is 9.97. The molecule has 1 aromatic heterocycles. The highest BCUT2D eigenvalue weighted by atomic mass is 16.1. The van der Waals surface area contributed by atoms with Gasteiger partial charge in [0.1, 0.15) is 0 Å². The van der Waals surface area contributed by atoms with Crippen LogP contribution < -0.4 is 0 Å². The Morgan fingerprint density at radius 3 is 2.12 bits per heavy atom. The Bertz CT molecular complexity index is 627. The maximum absolute atomic E-state index is 12.7. The Balaban J connectivity index is 1.76. The first kappa shape index (κ1) is 19.5. The molecule has 136 valence electrons. The zero-order chi connectivity index (χ0) is 17.9. The lowest BCUT2D eigenvalue weighted by Crippen LogP contribution is -2.01. The van der Waals surface area contributed by atoms with Gasteiger partial charge in [-0.15, -0.1) is 0 Å². The van der Waals surface area contributed by atoms with Crippen molar-refractivity contribution in [1.82, 2.24) is 4.98 Å². The monoisotopic (exact) mass is 339 g/mol. The first-order chi connectivity index (χ1) is 12.2. The maximum Gasteiger partial charge on any atom is 0.165 e. The normalized spacial score (nSPS) is 11.0. The molecule has 0 unspecified atom stereocenters. The van der Waals surface area contributed by atoms with Crippen molar-refractivity contribution in [2.24, 2.45) is 0 Å². The van der Waals surface area contributed by atoms with E-state index in [1.165, 1.54) is 51.4 Å². The van der Waals surface area contributed by atoms with Gasteiger partial charge in [0.05, 0.1) is 0 Å². The van der Waals surface area contributed by atoms with Gasteiger partial charge in [0.25, 0.3) is 0 Å². The molecule has 0 aliphatic heterocycles. The second-order valence-electron chi connectivity index (χ2n) is 7.07. The number of nitrogens with one attached hydrogen (secondary N) is 1. The first-order valence-electron chi connectivity index (χ1n) is 10.0. The van der Waals surface area contributed by atoms with Crippen LogP contribution in [0.1, 0.15) is 87.2 Å². The highest BCUT2D eigenvalue weighted by Gasteiger charge is 2.16. The molecule has 1 aromatic carbocycles. The van der Waals surface area contributed by atoms with Gasteiger partial charge in [-0.2, -0.15) is 0 Å². The quantitative estimate of drug-likeness (QED) is 0.325. The molecule has 0 amide bonds. The van der Waals surface area contributed by atoms with E-state index in [1.54, 1.807) is 0 Å². The third-order valence-corrected chi connectivity index (χ3v) is 4.95. The molecule has 2 aromatic rings. The number of hydrogen-bond acceptors (Lipinski definition) is 1. The number of ketones is 1. The average Bonchev–Trinajstić information content (AvgIpc) is 3.02. The van der Waals surface area contributed by atoms with Crippen molar-refractivity contribution < 1.29 is 4.79 Å². The molecule has 0 bridgehead atoms. The summed E-state index contributed by atoms with van der Waals surface area (Å²) in [5.74, 6) is 0.278. The number of rotatable bonds is 12. The summed E-state index contributed by atoms with van der Waals surface area (Å²) in [7, 11) is 0. The molecule has 0 spiro atoms. The van der Waals surface area contributed by atoms with Gasteiger partial charge in [-0.25, -0.2) is 0 Å². The Kier molecular flexibility index (Phi) is 8.51. The second-order valence-corrected chi connectivity index (χ2v) is 7.07. The molecule has 1 heterocycles. The van der Waals surface area contributed by atoms with Crippen LogP contribution in [0.25, 0.3) is 11.1 Å². The molecule has 2 rings (SSSR count). The molecule has 1 N–H and O–H groups in total. The van der Waals surface area contributed by atoms with E-state index in [2.05, 4.69) is 24.0 Å². The molecule has 0 saturated carbocycles. The summed E-state index contributed by atoms with van der Waals surface area (Å²) in [5.41, 5.74) is 4.02. The summed E-state index contributed by atoms with van der Waals surface area (Å²) >= 11 is 0. The minimum Gasteiger partial charge on any atom is -0.364 e. The number of carbonyl (C=O) groups is 1. The predicted octanol–water partition coefficient (Wildman–Crippen LogP) is 7.09. The fraction of sp³-hybridized carbons (Fsp3) is 0.522. The van der Waals surface area contributed by atoms with E-state index < -0.39 is 0 Å². The van der Waals surface area contributed by atoms with Crippen LogP contribution >= 0.6 is 0 Å². The van der Waals surface area contributed by atoms with Gasteiger partial charge in [-0.3, -0.25) is 4.79 Å². The molecule has 0 aliphatic carbocycles. The van der Waals surface area contributed by atoms with E-state index in [-0.39, 0.29) is 5.78 Å². The Morgan fingerprint density at radius 1 is 0.880 bits per heavy atom. The number of aromatic nitrogens is 1. The van der Waals surface area contributed by atoms with Gasteiger partial charge in [-0.05, 0) is 18.9 Å². The van der Waals surface area contributed by atoms with Crippen LogP contribution in [-0.2, 0) is 0 Å². The lowest BCUT2D eigenvalue weighted by molar-refractivity contribution is 0.0979. The molecule has 0 fully saturated rings. The topological polar surface area (TPSA) is 32.9 Å². The van der Waals surface area contributed by atoms with E-state index >= 15 is 0 Å². The molecule has 2 heteroatoms. The van der Waals surface area contributed by atoms with Gasteiger partial charge >= 0.3 is 0 Å². The summed E-state index contributed by atoms with van der Waals surface area (Å²) < 4.78 is 0. The van der Waals surface area contributed by atoms with Crippen LogP contribution in [0.5, 0.6) is 0 Å². The van der Waals surface area contributed by atoms with E-state index in [4.69, 9.17) is 0 Å². The fourth-order valence-corrected chi connectivity index (χ4v) is 3.45. The minimum atomic E-state index is 0.278. The molecule has 0 radical (unpaired) electrons. The molecule has 0 saturated heterocycles. The van der Waals surface area contributed by atoms with Gasteiger partial charge in [-0.1, -0.05) is 88.6 Å². The zero-order valence-electron chi connectivity index (χ0n) is 15.9. The molecular weight excluding hydrogens is 306 g/mol. The number of aromatic amines is 1. The summed E-state index contributed by atoms with van der Waals surface area (Å²) in [6, 6.07) is 10.2. The Labute approximate surface area is 153 Å². The van der Waals surface area contributed by atoms with Gasteiger partial charge < -0.3 is 4.98 Å². The largest absolute Gasteiger partial charge is 0.364 e. The number of aryl methyl sites for hydroxylation is 1. The fourth-order valence-electron chi connectivity index (χ4n) is 3.45. The highest BCUT2D eigenvalue weighted by molar-refractivity contribution is 6.03. The lowest BCUT2D eigenvalue weighted by Gasteiger charge is -2.06. The number of Topliss-reactive ketones (excluding diaryl/α,β-unsaturated/α-hetero) is 1. The summed E-state index contributed by atoms with van der Waals surface area (Å²) in [6.07, 6.45) is 14.2. The van der Waals surface area contributed by atoms with Gasteiger partial charge in [0.2, 0.25) is 0 Å². The van der Waals surface area contributed by atoms with Crippen molar-refractivity contribution >= 4 is 5.78 Å². The predicted molar refractivity (Wildman–Crippen MR) is 107 cm³/mol. The van der Waals surface area contributed by atoms with Crippen molar-refractivity contribution in [2.75, 3.05) is 0 Å². The number of H-pyrrole nitrogens is 1. The van der Waals surface area contributed by atoms with Gasteiger partial charge in [0.15, 0.2) is 5.78 Å². The third-order valence-electron chi connectivity index (χ3n) is 4.95. The van der Waals surface area contributed by atoms with Crippen LogP contribution in [0.4, 0.5) is 0 Å². The Morgan fingerprint density at radius 2 is 1.48 bits per heavy atom. The molecule has 2 nitrogen and oxygen atoms in total. The number of carbonyl (C=O) groups excluding carboxylic acids is 1. The summed E-state index contributed by atoms with van der Waals surface area (Å²) in [4.78, 5) is 15.9. The molecule has 0 atom stereocenters. The smallest absolute Gasteiger partial charge is 0.165 e. The molecular formula is C23H33NO. The van der Waals surface area contributed by atoms with E-state index in [9.17, 15) is 4.79 Å².